The van der Waals surface area contributed by atoms with E-state index in [0.717, 1.165) is 0 Å². The van der Waals surface area contributed by atoms with Crippen LogP contribution >= 0.6 is 0 Å². The van der Waals surface area contributed by atoms with Crippen molar-refractivity contribution in [2.24, 2.45) is 5.73 Å². The van der Waals surface area contributed by atoms with Crippen molar-refractivity contribution in [2.75, 3.05) is 7.11 Å². The van der Waals surface area contributed by atoms with Gasteiger partial charge in [0.1, 0.15) is 0 Å². The Morgan fingerprint density at radius 2 is 0.920 bits per heavy atom. The maximum atomic E-state index is 10.2. The van der Waals surface area contributed by atoms with E-state index in [9.17, 15) is 28.8 Å². The molecule has 0 heterocycles. The number of methoxy groups -OCH3 is 1. The summed E-state index contributed by atoms with van der Waals surface area (Å²) < 4.78 is 4.20. The van der Waals surface area contributed by atoms with Crippen LogP contribution < -0.4 is 5.73 Å². The van der Waals surface area contributed by atoms with Gasteiger partial charge in [0.25, 0.3) is 0 Å². The van der Waals surface area contributed by atoms with Gasteiger partial charge in [0.2, 0.25) is 5.91 Å². The predicted octanol–water partition coefficient (Wildman–Crippen LogP) is -0.703. The van der Waals surface area contributed by atoms with Gasteiger partial charge in [0.05, 0.1) is 39.2 Å². The molecule has 0 aliphatic rings. The molecular formula is C13H21NO11. The molecular weight excluding hydrogens is 346 g/mol. The number of carboxylic acids is 4. The van der Waals surface area contributed by atoms with Crippen molar-refractivity contribution in [3.8, 4) is 0 Å². The molecule has 0 atom stereocenters. The fourth-order valence-electron chi connectivity index (χ4n) is 0.755. The number of primary amides is 1. The van der Waals surface area contributed by atoms with Crippen LogP contribution in [0.2, 0.25) is 0 Å². The average molecular weight is 367 g/mol. The SMILES string of the molecule is COC(=O)CCC(=O)O.NC(=O)CCC(=O)O.O=C(O)CCC(=O)O. The molecule has 0 aromatic carbocycles. The third-order valence-electron chi connectivity index (χ3n) is 1.91. The van der Waals surface area contributed by atoms with Gasteiger partial charge >= 0.3 is 29.8 Å². The zero-order valence-electron chi connectivity index (χ0n) is 13.5. The average Bonchev–Trinajstić information content (AvgIpc) is 2.49. The molecule has 0 aliphatic heterocycles. The number of carbonyl (C=O) groups is 6. The maximum Gasteiger partial charge on any atom is 0.306 e. The first kappa shape index (κ1) is 26.7. The van der Waals surface area contributed by atoms with Gasteiger partial charge in [0, 0.05) is 6.42 Å². The number of amides is 1. The molecule has 6 N–H and O–H groups in total. The summed E-state index contributed by atoms with van der Waals surface area (Å²) >= 11 is 0. The van der Waals surface area contributed by atoms with Crippen LogP contribution in [0.3, 0.4) is 0 Å². The molecule has 12 heteroatoms. The van der Waals surface area contributed by atoms with Crippen molar-refractivity contribution in [2.45, 2.75) is 38.5 Å². The van der Waals surface area contributed by atoms with Crippen LogP contribution in [0.4, 0.5) is 0 Å². The van der Waals surface area contributed by atoms with Crippen LogP contribution in [0.25, 0.3) is 0 Å². The Labute approximate surface area is 142 Å². The third kappa shape index (κ3) is 38.6. The molecule has 0 aromatic heterocycles. The van der Waals surface area contributed by atoms with E-state index in [-0.39, 0.29) is 38.5 Å². The number of esters is 1. The monoisotopic (exact) mass is 367 g/mol. The van der Waals surface area contributed by atoms with Gasteiger partial charge in [0.15, 0.2) is 0 Å². The number of carbonyl (C=O) groups excluding carboxylic acids is 2. The highest BCUT2D eigenvalue weighted by molar-refractivity contribution is 5.79. The molecule has 0 unspecified atom stereocenters. The fraction of sp³-hybridized carbons (Fsp3) is 0.538. The van der Waals surface area contributed by atoms with Crippen molar-refractivity contribution in [1.29, 1.82) is 0 Å². The molecule has 12 nitrogen and oxygen atoms in total. The van der Waals surface area contributed by atoms with E-state index in [1.54, 1.807) is 0 Å². The second kappa shape index (κ2) is 17.2. The highest BCUT2D eigenvalue weighted by atomic mass is 16.5. The van der Waals surface area contributed by atoms with Crippen molar-refractivity contribution in [3.05, 3.63) is 0 Å². The lowest BCUT2D eigenvalue weighted by molar-refractivity contribution is -0.145. The van der Waals surface area contributed by atoms with Gasteiger partial charge < -0.3 is 30.9 Å². The Bertz CT molecular complexity index is 417. The Morgan fingerprint density at radius 3 is 1.12 bits per heavy atom. The highest BCUT2D eigenvalue weighted by Gasteiger charge is 2.03. The molecule has 0 spiro atoms. The Kier molecular flexibility index (Phi) is 18.3. The van der Waals surface area contributed by atoms with E-state index in [1.807, 2.05) is 0 Å². The fourth-order valence-corrected chi connectivity index (χ4v) is 0.755. The quantitative estimate of drug-likeness (QED) is 0.320. The van der Waals surface area contributed by atoms with Crippen molar-refractivity contribution in [3.63, 3.8) is 0 Å². The van der Waals surface area contributed by atoms with Gasteiger partial charge in [-0.1, -0.05) is 0 Å². The Morgan fingerprint density at radius 1 is 0.640 bits per heavy atom. The van der Waals surface area contributed by atoms with Crippen molar-refractivity contribution < 1.29 is 53.9 Å². The van der Waals surface area contributed by atoms with Crippen LogP contribution in [0, 0.1) is 0 Å². The summed E-state index contributed by atoms with van der Waals surface area (Å²) in [5.74, 6) is -5.20. The molecule has 25 heavy (non-hydrogen) atoms. The first-order valence-electron chi connectivity index (χ1n) is 6.64. The second-order valence-electron chi connectivity index (χ2n) is 4.12. The minimum absolute atomic E-state index is 0.0498. The molecule has 144 valence electrons. The molecule has 0 aliphatic carbocycles. The van der Waals surface area contributed by atoms with Crippen LogP contribution in [0.15, 0.2) is 0 Å². The smallest absolute Gasteiger partial charge is 0.306 e. The van der Waals surface area contributed by atoms with E-state index < -0.39 is 35.8 Å². The van der Waals surface area contributed by atoms with Crippen LogP contribution in [-0.2, 0) is 33.5 Å². The summed E-state index contributed by atoms with van der Waals surface area (Å²) in [5.41, 5.74) is 4.64. The molecule has 0 radical (unpaired) electrons. The van der Waals surface area contributed by atoms with E-state index >= 15 is 0 Å². The minimum atomic E-state index is -1.08. The standard InChI is InChI=1S/C5H8O4.C4H7NO3.C4H6O4/c1-9-5(8)3-2-4(6)7;2*5-3(6)1-2-4(7)8/h2-3H2,1H3,(H,6,7);1-2H2,(H2,5,6)(H,7,8);1-2H2,(H,5,6)(H,7,8). The molecule has 0 saturated heterocycles. The van der Waals surface area contributed by atoms with Gasteiger partial charge in [-0.05, 0) is 0 Å². The summed E-state index contributed by atoms with van der Waals surface area (Å²) in [6.45, 7) is 0. The first-order chi connectivity index (χ1) is 11.4. The van der Waals surface area contributed by atoms with E-state index in [1.165, 1.54) is 7.11 Å². The molecule has 0 aromatic rings. The van der Waals surface area contributed by atoms with Crippen LogP contribution in [0.5, 0.6) is 0 Å². The normalized spacial score (nSPS) is 8.52. The number of ether oxygens (including phenoxy) is 1. The number of aliphatic carboxylic acids is 4. The molecule has 0 saturated carbocycles. The third-order valence-corrected chi connectivity index (χ3v) is 1.91. The number of hydrogen-bond acceptors (Lipinski definition) is 7. The second-order valence-corrected chi connectivity index (χ2v) is 4.12. The summed E-state index contributed by atoms with van der Waals surface area (Å²) in [6.07, 6.45) is -1.05. The van der Waals surface area contributed by atoms with E-state index in [2.05, 4.69) is 10.5 Å². The number of hydrogen-bond donors (Lipinski definition) is 5. The maximum absolute atomic E-state index is 10.2. The molecule has 0 rings (SSSR count). The predicted molar refractivity (Wildman–Crippen MR) is 79.5 cm³/mol. The largest absolute Gasteiger partial charge is 0.481 e. The highest BCUT2D eigenvalue weighted by Crippen LogP contribution is 1.90. The topological polar surface area (TPSA) is 219 Å². The van der Waals surface area contributed by atoms with Gasteiger partial charge in [-0.15, -0.1) is 0 Å². The lowest BCUT2D eigenvalue weighted by atomic mass is 10.3. The van der Waals surface area contributed by atoms with Crippen molar-refractivity contribution >= 4 is 35.8 Å². The van der Waals surface area contributed by atoms with Crippen LogP contribution in [0.1, 0.15) is 38.5 Å². The first-order valence-corrected chi connectivity index (χ1v) is 6.64. The van der Waals surface area contributed by atoms with E-state index in [0.29, 0.717) is 0 Å². The van der Waals surface area contributed by atoms with Gasteiger partial charge in [-0.2, -0.15) is 0 Å². The lowest BCUT2D eigenvalue weighted by Crippen LogP contribution is -2.12. The summed E-state index contributed by atoms with van der Waals surface area (Å²) in [5, 5.41) is 31.8. The minimum Gasteiger partial charge on any atom is -0.481 e. The Hall–Kier alpha value is -3.18. The summed E-state index contributed by atoms with van der Waals surface area (Å²) in [6, 6.07) is 0. The summed E-state index contributed by atoms with van der Waals surface area (Å²) in [4.78, 5) is 58.9. The number of nitrogens with two attached hydrogens (primary N) is 1. The van der Waals surface area contributed by atoms with Crippen molar-refractivity contribution in [1.82, 2.24) is 0 Å². The van der Waals surface area contributed by atoms with Crippen LogP contribution in [-0.4, -0.2) is 63.3 Å². The number of carboxylic acid groups (broad SMARTS) is 4. The Balaban J connectivity index is -0.000000291. The zero-order valence-corrected chi connectivity index (χ0v) is 13.5. The molecule has 0 fully saturated rings. The summed E-state index contributed by atoms with van der Waals surface area (Å²) in [7, 11) is 1.23. The molecule has 0 bridgehead atoms. The number of rotatable bonds is 9. The van der Waals surface area contributed by atoms with E-state index in [4.69, 9.17) is 20.4 Å². The zero-order chi connectivity index (χ0) is 20.4. The van der Waals surface area contributed by atoms with Gasteiger partial charge in [-0.25, -0.2) is 0 Å². The van der Waals surface area contributed by atoms with Gasteiger partial charge in [-0.3, -0.25) is 28.8 Å². The molecule has 1 amide bonds. The lowest BCUT2D eigenvalue weighted by Gasteiger charge is -1.92.